The van der Waals surface area contributed by atoms with Gasteiger partial charge in [0.25, 0.3) is 5.95 Å². The highest BCUT2D eigenvalue weighted by Gasteiger charge is 2.30. The SMILES string of the molecule is NC1CC(=O)N(c2nc3ccc(Br)cn3n2)C1. The van der Waals surface area contributed by atoms with Crippen LogP contribution in [0.15, 0.2) is 22.8 Å². The number of nitrogens with zero attached hydrogens (tertiary/aromatic N) is 4. The highest BCUT2D eigenvalue weighted by molar-refractivity contribution is 9.10. The van der Waals surface area contributed by atoms with Crippen LogP contribution in [0.4, 0.5) is 5.95 Å². The lowest BCUT2D eigenvalue weighted by Gasteiger charge is -2.09. The van der Waals surface area contributed by atoms with Gasteiger partial charge in [0.1, 0.15) is 0 Å². The van der Waals surface area contributed by atoms with Crippen molar-refractivity contribution < 1.29 is 4.79 Å². The second-order valence-corrected chi connectivity index (χ2v) is 4.95. The molecular formula is C10H10BrN5O. The maximum Gasteiger partial charge on any atom is 0.252 e. The number of carbonyl (C=O) groups excluding carboxylic acids is 1. The fourth-order valence-electron chi connectivity index (χ4n) is 1.89. The molecule has 3 heterocycles. The van der Waals surface area contributed by atoms with Crippen LogP contribution in [-0.4, -0.2) is 33.1 Å². The van der Waals surface area contributed by atoms with Crippen molar-refractivity contribution in [3.8, 4) is 0 Å². The van der Waals surface area contributed by atoms with Gasteiger partial charge in [-0.2, -0.15) is 4.98 Å². The van der Waals surface area contributed by atoms with E-state index in [1.807, 2.05) is 12.1 Å². The van der Waals surface area contributed by atoms with Crippen molar-refractivity contribution in [1.82, 2.24) is 14.6 Å². The summed E-state index contributed by atoms with van der Waals surface area (Å²) >= 11 is 3.36. The topological polar surface area (TPSA) is 76.5 Å². The molecule has 0 aromatic carbocycles. The van der Waals surface area contributed by atoms with Gasteiger partial charge >= 0.3 is 0 Å². The molecule has 17 heavy (non-hydrogen) atoms. The molecule has 7 heteroatoms. The summed E-state index contributed by atoms with van der Waals surface area (Å²) in [7, 11) is 0. The maximum atomic E-state index is 11.7. The van der Waals surface area contributed by atoms with E-state index in [0.717, 1.165) is 4.47 Å². The van der Waals surface area contributed by atoms with E-state index < -0.39 is 0 Å². The number of hydrogen-bond acceptors (Lipinski definition) is 4. The van der Waals surface area contributed by atoms with Crippen LogP contribution in [0.1, 0.15) is 6.42 Å². The van der Waals surface area contributed by atoms with Crippen LogP contribution in [-0.2, 0) is 4.79 Å². The summed E-state index contributed by atoms with van der Waals surface area (Å²) < 4.78 is 2.54. The number of fused-ring (bicyclic) bond motifs is 1. The van der Waals surface area contributed by atoms with Gasteiger partial charge in [0, 0.05) is 29.7 Å². The zero-order valence-electron chi connectivity index (χ0n) is 8.88. The Bertz CT molecular complexity index is 595. The van der Waals surface area contributed by atoms with Crippen LogP contribution in [0.5, 0.6) is 0 Å². The maximum absolute atomic E-state index is 11.7. The van der Waals surface area contributed by atoms with Gasteiger partial charge in [-0.15, -0.1) is 5.10 Å². The highest BCUT2D eigenvalue weighted by atomic mass is 79.9. The Balaban J connectivity index is 2.03. The fourth-order valence-corrected chi connectivity index (χ4v) is 2.22. The van der Waals surface area contributed by atoms with E-state index in [9.17, 15) is 4.79 Å². The van der Waals surface area contributed by atoms with Crippen molar-refractivity contribution in [2.24, 2.45) is 5.73 Å². The van der Waals surface area contributed by atoms with E-state index in [2.05, 4.69) is 26.0 Å². The molecule has 1 saturated heterocycles. The number of pyridine rings is 1. The summed E-state index contributed by atoms with van der Waals surface area (Å²) in [6.45, 7) is 0.483. The van der Waals surface area contributed by atoms with Crippen LogP contribution >= 0.6 is 15.9 Å². The van der Waals surface area contributed by atoms with Gasteiger partial charge in [-0.3, -0.25) is 9.69 Å². The molecule has 3 rings (SSSR count). The average Bonchev–Trinajstić information content (AvgIpc) is 2.80. The predicted octanol–water partition coefficient (Wildman–Crippen LogP) is 0.556. The molecule has 0 bridgehead atoms. The van der Waals surface area contributed by atoms with Gasteiger partial charge in [-0.25, -0.2) is 4.52 Å². The molecule has 1 aliphatic heterocycles. The van der Waals surface area contributed by atoms with Crippen LogP contribution < -0.4 is 10.6 Å². The molecule has 6 nitrogen and oxygen atoms in total. The number of hydrogen-bond donors (Lipinski definition) is 1. The Labute approximate surface area is 106 Å². The molecule has 0 saturated carbocycles. The molecule has 1 aliphatic rings. The molecule has 1 fully saturated rings. The first-order valence-electron chi connectivity index (χ1n) is 5.21. The smallest absolute Gasteiger partial charge is 0.252 e. The lowest BCUT2D eigenvalue weighted by Crippen LogP contribution is -2.28. The molecule has 1 unspecified atom stereocenters. The Hall–Kier alpha value is -1.47. The fraction of sp³-hybridized carbons (Fsp3) is 0.300. The number of amides is 1. The molecule has 2 N–H and O–H groups in total. The Morgan fingerprint density at radius 2 is 2.29 bits per heavy atom. The normalized spacial score (nSPS) is 20.5. The van der Waals surface area contributed by atoms with Crippen molar-refractivity contribution in [2.75, 3.05) is 11.4 Å². The molecule has 2 aromatic rings. The Morgan fingerprint density at radius 1 is 1.47 bits per heavy atom. The van der Waals surface area contributed by atoms with E-state index in [1.165, 1.54) is 4.90 Å². The summed E-state index contributed by atoms with van der Waals surface area (Å²) in [6.07, 6.45) is 2.16. The number of anilines is 1. The predicted molar refractivity (Wildman–Crippen MR) is 65.6 cm³/mol. The second kappa shape index (κ2) is 3.78. The standard InChI is InChI=1S/C10H10BrN5O/c11-6-1-2-8-13-10(14-16(8)4-6)15-5-7(12)3-9(15)17/h1-2,4,7H,3,5,12H2. The molecule has 0 radical (unpaired) electrons. The third-order valence-electron chi connectivity index (χ3n) is 2.68. The number of halogens is 1. The summed E-state index contributed by atoms with van der Waals surface area (Å²) in [5.41, 5.74) is 6.44. The van der Waals surface area contributed by atoms with Crippen molar-refractivity contribution in [2.45, 2.75) is 12.5 Å². The summed E-state index contributed by atoms with van der Waals surface area (Å²) in [5, 5.41) is 4.27. The van der Waals surface area contributed by atoms with Crippen LogP contribution in [0, 0.1) is 0 Å². The highest BCUT2D eigenvalue weighted by Crippen LogP contribution is 2.19. The lowest BCUT2D eigenvalue weighted by atomic mass is 10.3. The Kier molecular flexibility index (Phi) is 2.37. The molecule has 2 aromatic heterocycles. The molecule has 0 spiro atoms. The summed E-state index contributed by atoms with van der Waals surface area (Å²) in [5.74, 6) is 0.397. The van der Waals surface area contributed by atoms with Gasteiger partial charge in [0.2, 0.25) is 5.91 Å². The van der Waals surface area contributed by atoms with E-state index in [4.69, 9.17) is 5.73 Å². The first-order valence-corrected chi connectivity index (χ1v) is 6.00. The van der Waals surface area contributed by atoms with Crippen molar-refractivity contribution >= 4 is 33.4 Å². The van der Waals surface area contributed by atoms with Gasteiger partial charge in [-0.05, 0) is 28.1 Å². The van der Waals surface area contributed by atoms with Crippen LogP contribution in [0.25, 0.3) is 5.65 Å². The van der Waals surface area contributed by atoms with E-state index in [-0.39, 0.29) is 11.9 Å². The summed E-state index contributed by atoms with van der Waals surface area (Å²) in [6, 6.07) is 3.59. The molecule has 1 atom stereocenters. The van der Waals surface area contributed by atoms with Crippen LogP contribution in [0.3, 0.4) is 0 Å². The minimum Gasteiger partial charge on any atom is -0.326 e. The van der Waals surface area contributed by atoms with Crippen LogP contribution in [0.2, 0.25) is 0 Å². The average molecular weight is 296 g/mol. The lowest BCUT2D eigenvalue weighted by molar-refractivity contribution is -0.117. The van der Waals surface area contributed by atoms with Crippen molar-refractivity contribution in [1.29, 1.82) is 0 Å². The molecule has 88 valence electrons. The van der Waals surface area contributed by atoms with Gasteiger partial charge in [-0.1, -0.05) is 0 Å². The number of rotatable bonds is 1. The van der Waals surface area contributed by atoms with Crippen molar-refractivity contribution in [3.05, 3.63) is 22.8 Å². The largest absolute Gasteiger partial charge is 0.326 e. The third-order valence-corrected chi connectivity index (χ3v) is 3.15. The zero-order valence-corrected chi connectivity index (χ0v) is 10.5. The molecular weight excluding hydrogens is 286 g/mol. The first kappa shape index (κ1) is 10.7. The molecule has 1 amide bonds. The van der Waals surface area contributed by atoms with E-state index in [1.54, 1.807) is 10.7 Å². The van der Waals surface area contributed by atoms with Gasteiger partial charge < -0.3 is 5.73 Å². The van der Waals surface area contributed by atoms with E-state index in [0.29, 0.717) is 24.6 Å². The number of aromatic nitrogens is 3. The number of nitrogens with two attached hydrogens (primary N) is 1. The van der Waals surface area contributed by atoms with Gasteiger partial charge in [0.05, 0.1) is 0 Å². The quantitative estimate of drug-likeness (QED) is 0.834. The van der Waals surface area contributed by atoms with E-state index >= 15 is 0 Å². The third kappa shape index (κ3) is 1.81. The summed E-state index contributed by atoms with van der Waals surface area (Å²) in [4.78, 5) is 17.5. The first-order chi connectivity index (χ1) is 8.13. The second-order valence-electron chi connectivity index (χ2n) is 4.03. The van der Waals surface area contributed by atoms with Gasteiger partial charge in [0.15, 0.2) is 5.65 Å². The van der Waals surface area contributed by atoms with Crippen molar-refractivity contribution in [3.63, 3.8) is 0 Å². The number of carbonyl (C=O) groups is 1. The monoisotopic (exact) mass is 295 g/mol. The minimum atomic E-state index is -0.124. The zero-order chi connectivity index (χ0) is 12.0. The molecule has 0 aliphatic carbocycles. The Morgan fingerprint density at radius 3 is 3.00 bits per heavy atom. The minimum absolute atomic E-state index is 0.0209.